The maximum absolute atomic E-state index is 12.0. The number of rotatable bonds is 5. The van der Waals surface area contributed by atoms with E-state index in [0.29, 0.717) is 6.42 Å². The summed E-state index contributed by atoms with van der Waals surface area (Å²) in [5.41, 5.74) is 0. The molecule has 0 aliphatic rings. The van der Waals surface area contributed by atoms with Gasteiger partial charge in [0.1, 0.15) is 0 Å². The van der Waals surface area contributed by atoms with Gasteiger partial charge in [-0.2, -0.15) is 5.26 Å². The van der Waals surface area contributed by atoms with E-state index in [2.05, 4.69) is 5.32 Å². The van der Waals surface area contributed by atoms with Crippen LogP contribution in [0, 0.1) is 11.3 Å². The molecule has 0 fully saturated rings. The Morgan fingerprint density at radius 1 is 1.50 bits per heavy atom. The van der Waals surface area contributed by atoms with Gasteiger partial charge in [0, 0.05) is 6.04 Å². The number of nitrogens with one attached hydrogen (secondary N) is 1. The van der Waals surface area contributed by atoms with Crippen LogP contribution in [0.1, 0.15) is 26.7 Å². The summed E-state index contributed by atoms with van der Waals surface area (Å²) >= 11 is 0. The third-order valence-electron chi connectivity index (χ3n) is 1.71. The van der Waals surface area contributed by atoms with Crippen LogP contribution in [-0.2, 0) is 0 Å². The van der Waals surface area contributed by atoms with Crippen molar-refractivity contribution in [1.29, 1.82) is 5.26 Å². The highest BCUT2D eigenvalue weighted by molar-refractivity contribution is 4.81. The van der Waals surface area contributed by atoms with Gasteiger partial charge < -0.3 is 5.32 Å². The highest BCUT2D eigenvalue weighted by atomic mass is 19.3. The summed E-state index contributed by atoms with van der Waals surface area (Å²) in [4.78, 5) is 0. The quantitative estimate of drug-likeness (QED) is 0.694. The van der Waals surface area contributed by atoms with Gasteiger partial charge in [0.05, 0.1) is 18.5 Å². The number of nitrogens with zero attached hydrogens (tertiary/aromatic N) is 1. The molecule has 70 valence electrons. The van der Waals surface area contributed by atoms with Crippen LogP contribution in [-0.4, -0.2) is 18.5 Å². The van der Waals surface area contributed by atoms with Gasteiger partial charge in [-0.1, -0.05) is 6.92 Å². The lowest BCUT2D eigenvalue weighted by Crippen LogP contribution is -2.40. The van der Waals surface area contributed by atoms with Gasteiger partial charge in [-0.3, -0.25) is 0 Å². The monoisotopic (exact) mass is 176 g/mol. The first-order valence-corrected chi connectivity index (χ1v) is 4.03. The van der Waals surface area contributed by atoms with Crippen molar-refractivity contribution in [2.45, 2.75) is 45.2 Å². The second kappa shape index (κ2) is 5.90. The summed E-state index contributed by atoms with van der Waals surface area (Å²) in [5, 5.41) is 11.0. The van der Waals surface area contributed by atoms with E-state index in [1.807, 2.05) is 13.0 Å². The Kier molecular flexibility index (Phi) is 5.56. The average Bonchev–Trinajstić information content (AvgIpc) is 2.03. The van der Waals surface area contributed by atoms with Gasteiger partial charge in [-0.15, -0.1) is 0 Å². The minimum absolute atomic E-state index is 0.112. The molecule has 1 N–H and O–H groups in total. The van der Waals surface area contributed by atoms with Crippen LogP contribution < -0.4 is 5.32 Å². The largest absolute Gasteiger partial charge is 0.305 e. The second-order valence-corrected chi connectivity index (χ2v) is 2.76. The van der Waals surface area contributed by atoms with Gasteiger partial charge in [0.25, 0.3) is 6.43 Å². The van der Waals surface area contributed by atoms with Crippen LogP contribution in [0.3, 0.4) is 0 Å². The van der Waals surface area contributed by atoms with E-state index in [4.69, 9.17) is 5.26 Å². The fourth-order valence-electron chi connectivity index (χ4n) is 0.876. The number of nitriles is 1. The zero-order valence-electron chi connectivity index (χ0n) is 7.35. The molecule has 0 saturated carbocycles. The Balaban J connectivity index is 3.78. The van der Waals surface area contributed by atoms with Crippen LogP contribution in [0.4, 0.5) is 8.78 Å². The first kappa shape index (κ1) is 11.3. The fourth-order valence-corrected chi connectivity index (χ4v) is 0.876. The van der Waals surface area contributed by atoms with Crippen molar-refractivity contribution in [3.8, 4) is 6.07 Å². The Morgan fingerprint density at radius 2 is 2.08 bits per heavy atom. The summed E-state index contributed by atoms with van der Waals surface area (Å²) in [6, 6.07) is 1.01. The minimum Gasteiger partial charge on any atom is -0.305 e. The van der Waals surface area contributed by atoms with E-state index in [9.17, 15) is 8.78 Å². The lowest BCUT2D eigenvalue weighted by Gasteiger charge is -2.19. The highest BCUT2D eigenvalue weighted by Crippen LogP contribution is 2.04. The molecule has 0 aromatic heterocycles. The zero-order chi connectivity index (χ0) is 9.56. The van der Waals surface area contributed by atoms with Crippen LogP contribution in [0.2, 0.25) is 0 Å². The predicted molar refractivity (Wildman–Crippen MR) is 42.9 cm³/mol. The molecule has 2 nitrogen and oxygen atoms in total. The molecule has 0 aromatic carbocycles. The molecule has 0 bridgehead atoms. The molecule has 0 aliphatic heterocycles. The van der Waals surface area contributed by atoms with Crippen LogP contribution in [0.15, 0.2) is 0 Å². The molecule has 0 amide bonds. The molecule has 0 spiro atoms. The Hall–Kier alpha value is -0.690. The number of halogens is 2. The van der Waals surface area contributed by atoms with Gasteiger partial charge >= 0.3 is 0 Å². The van der Waals surface area contributed by atoms with E-state index in [1.165, 1.54) is 6.92 Å². The second-order valence-electron chi connectivity index (χ2n) is 2.76. The lowest BCUT2D eigenvalue weighted by atomic mass is 10.1. The normalized spacial score (nSPS) is 15.7. The molecule has 2 unspecified atom stereocenters. The van der Waals surface area contributed by atoms with E-state index in [0.717, 1.165) is 0 Å². The van der Waals surface area contributed by atoms with E-state index >= 15 is 0 Å². The summed E-state index contributed by atoms with van der Waals surface area (Å²) in [5.74, 6) is 0. The SMILES string of the molecule is CCC(CC#N)NC(C)C(F)F. The smallest absolute Gasteiger partial charge is 0.253 e. The molecule has 2 atom stereocenters. The Labute approximate surface area is 71.6 Å². The molecule has 0 radical (unpaired) electrons. The fraction of sp³-hybridized carbons (Fsp3) is 0.875. The minimum atomic E-state index is -2.36. The van der Waals surface area contributed by atoms with Gasteiger partial charge in [-0.25, -0.2) is 8.78 Å². The highest BCUT2D eigenvalue weighted by Gasteiger charge is 2.17. The van der Waals surface area contributed by atoms with Crippen LogP contribution >= 0.6 is 0 Å². The zero-order valence-corrected chi connectivity index (χ0v) is 7.35. The molecular formula is C8H14F2N2. The first-order valence-electron chi connectivity index (χ1n) is 4.03. The maximum atomic E-state index is 12.0. The van der Waals surface area contributed by atoms with Crippen LogP contribution in [0.5, 0.6) is 0 Å². The van der Waals surface area contributed by atoms with Crippen molar-refractivity contribution in [1.82, 2.24) is 5.32 Å². The Morgan fingerprint density at radius 3 is 2.42 bits per heavy atom. The Bertz CT molecular complexity index is 154. The van der Waals surface area contributed by atoms with Crippen molar-refractivity contribution in [3.63, 3.8) is 0 Å². The third-order valence-corrected chi connectivity index (χ3v) is 1.71. The summed E-state index contributed by atoms with van der Waals surface area (Å²) in [7, 11) is 0. The maximum Gasteiger partial charge on any atom is 0.253 e. The number of alkyl halides is 2. The van der Waals surface area contributed by atoms with Crippen molar-refractivity contribution < 1.29 is 8.78 Å². The van der Waals surface area contributed by atoms with E-state index in [-0.39, 0.29) is 12.5 Å². The first-order chi connectivity index (χ1) is 5.61. The van der Waals surface area contributed by atoms with E-state index < -0.39 is 12.5 Å². The van der Waals surface area contributed by atoms with Crippen molar-refractivity contribution in [3.05, 3.63) is 0 Å². The molecule has 0 aromatic rings. The molecule has 0 rings (SSSR count). The molecular weight excluding hydrogens is 162 g/mol. The number of hydrogen-bond acceptors (Lipinski definition) is 2. The molecule has 0 aliphatic carbocycles. The topological polar surface area (TPSA) is 35.8 Å². The van der Waals surface area contributed by atoms with Crippen LogP contribution in [0.25, 0.3) is 0 Å². The van der Waals surface area contributed by atoms with Crippen molar-refractivity contribution in [2.24, 2.45) is 0 Å². The predicted octanol–water partition coefficient (Wildman–Crippen LogP) is 1.92. The van der Waals surface area contributed by atoms with E-state index in [1.54, 1.807) is 0 Å². The third kappa shape index (κ3) is 4.24. The summed E-state index contributed by atoms with van der Waals surface area (Å²) in [6.45, 7) is 3.29. The average molecular weight is 176 g/mol. The molecule has 0 heterocycles. The number of hydrogen-bond donors (Lipinski definition) is 1. The summed E-state index contributed by atoms with van der Waals surface area (Å²) in [6.07, 6.45) is -1.38. The standard InChI is InChI=1S/C8H14F2N2/c1-3-7(4-5-11)12-6(2)8(9)10/h6-8,12H,3-4H2,1-2H3. The molecule has 12 heavy (non-hydrogen) atoms. The van der Waals surface area contributed by atoms with Crippen molar-refractivity contribution in [2.75, 3.05) is 0 Å². The van der Waals surface area contributed by atoms with Gasteiger partial charge in [0.15, 0.2) is 0 Å². The van der Waals surface area contributed by atoms with Crippen molar-refractivity contribution >= 4 is 0 Å². The molecule has 4 heteroatoms. The molecule has 0 saturated heterocycles. The van der Waals surface area contributed by atoms with Gasteiger partial charge in [0.2, 0.25) is 0 Å². The lowest BCUT2D eigenvalue weighted by molar-refractivity contribution is 0.0997. The van der Waals surface area contributed by atoms with Gasteiger partial charge in [-0.05, 0) is 13.3 Å². The summed E-state index contributed by atoms with van der Waals surface area (Å²) < 4.78 is 24.0.